The molecule has 0 heterocycles. The van der Waals surface area contributed by atoms with Gasteiger partial charge < -0.3 is 15.7 Å². The summed E-state index contributed by atoms with van der Waals surface area (Å²) in [6.45, 7) is 6.16. The molecule has 1 rings (SSSR count). The number of hydrogen-bond acceptors (Lipinski definition) is 3. The summed E-state index contributed by atoms with van der Waals surface area (Å²) in [5.74, 6) is -0.346. The van der Waals surface area contributed by atoms with E-state index in [9.17, 15) is 9.90 Å². The number of aliphatic hydroxyl groups excluding tert-OH is 1. The Balaban J connectivity index is 2.90. The van der Waals surface area contributed by atoms with Gasteiger partial charge in [0.2, 0.25) is 5.91 Å². The number of benzene rings is 1. The fourth-order valence-corrected chi connectivity index (χ4v) is 1.86. The molecule has 100 valence electrons. The molecular formula is C14H22N2O2. The van der Waals surface area contributed by atoms with Gasteiger partial charge in [-0.3, -0.25) is 4.79 Å². The van der Waals surface area contributed by atoms with Crippen molar-refractivity contribution in [2.45, 2.75) is 39.3 Å². The second kappa shape index (κ2) is 6.40. The second-order valence-electron chi connectivity index (χ2n) is 4.70. The highest BCUT2D eigenvalue weighted by atomic mass is 16.3. The normalized spacial score (nSPS) is 12.5. The second-order valence-corrected chi connectivity index (χ2v) is 4.70. The quantitative estimate of drug-likeness (QED) is 0.809. The molecule has 3 N–H and O–H groups in total. The largest absolute Gasteiger partial charge is 0.388 e. The molecule has 4 heteroatoms. The number of amides is 1. The van der Waals surface area contributed by atoms with Crippen molar-refractivity contribution in [3.63, 3.8) is 0 Å². The minimum atomic E-state index is -0.428. The topological polar surface area (TPSA) is 66.6 Å². The highest BCUT2D eigenvalue weighted by molar-refractivity contribution is 5.79. The standard InChI is InChI=1S/C14H22N2O2/c1-4-13(17)11-5-7-12(8-6-11)16(10(2)3)9-14(15)18/h5-8,10,13,17H,4,9H2,1-3H3,(H2,15,18)/t13-/m1/s1. The molecule has 1 amide bonds. The SMILES string of the molecule is CC[C@@H](O)c1ccc(N(CC(N)=O)C(C)C)cc1. The molecule has 0 fully saturated rings. The van der Waals surface area contributed by atoms with Crippen LogP contribution < -0.4 is 10.6 Å². The molecule has 1 aromatic carbocycles. The van der Waals surface area contributed by atoms with Crippen molar-refractivity contribution in [1.82, 2.24) is 0 Å². The molecule has 0 aliphatic heterocycles. The van der Waals surface area contributed by atoms with Gasteiger partial charge in [-0.1, -0.05) is 19.1 Å². The molecule has 4 nitrogen and oxygen atoms in total. The first-order valence-corrected chi connectivity index (χ1v) is 6.28. The van der Waals surface area contributed by atoms with Gasteiger partial charge >= 0.3 is 0 Å². The molecule has 0 unspecified atom stereocenters. The first-order valence-electron chi connectivity index (χ1n) is 6.28. The van der Waals surface area contributed by atoms with Gasteiger partial charge in [-0.05, 0) is 38.0 Å². The van der Waals surface area contributed by atoms with Crippen LogP contribution in [0.5, 0.6) is 0 Å². The maximum atomic E-state index is 11.0. The van der Waals surface area contributed by atoms with Crippen LogP contribution in [-0.2, 0) is 4.79 Å². The lowest BCUT2D eigenvalue weighted by molar-refractivity contribution is -0.116. The first kappa shape index (κ1) is 14.5. The van der Waals surface area contributed by atoms with E-state index in [-0.39, 0.29) is 18.5 Å². The van der Waals surface area contributed by atoms with Crippen LogP contribution >= 0.6 is 0 Å². The Kier molecular flexibility index (Phi) is 5.16. The number of nitrogens with zero attached hydrogens (tertiary/aromatic N) is 1. The van der Waals surface area contributed by atoms with E-state index in [1.807, 2.05) is 49.9 Å². The van der Waals surface area contributed by atoms with E-state index in [1.165, 1.54) is 0 Å². The van der Waals surface area contributed by atoms with E-state index in [4.69, 9.17) is 5.73 Å². The van der Waals surface area contributed by atoms with E-state index in [0.29, 0.717) is 6.42 Å². The zero-order valence-corrected chi connectivity index (χ0v) is 11.3. The van der Waals surface area contributed by atoms with Crippen molar-refractivity contribution in [1.29, 1.82) is 0 Å². The minimum Gasteiger partial charge on any atom is -0.388 e. The fraction of sp³-hybridized carbons (Fsp3) is 0.500. The zero-order valence-electron chi connectivity index (χ0n) is 11.3. The van der Waals surface area contributed by atoms with Crippen LogP contribution in [0.15, 0.2) is 24.3 Å². The maximum absolute atomic E-state index is 11.0. The molecule has 0 aliphatic carbocycles. The highest BCUT2D eigenvalue weighted by Crippen LogP contribution is 2.22. The third-order valence-electron chi connectivity index (χ3n) is 2.95. The van der Waals surface area contributed by atoms with Crippen molar-refractivity contribution in [3.8, 4) is 0 Å². The lowest BCUT2D eigenvalue weighted by atomic mass is 10.1. The van der Waals surface area contributed by atoms with Gasteiger partial charge in [0.05, 0.1) is 12.6 Å². The van der Waals surface area contributed by atoms with Gasteiger partial charge in [0.15, 0.2) is 0 Å². The van der Waals surface area contributed by atoms with Gasteiger partial charge in [-0.15, -0.1) is 0 Å². The zero-order chi connectivity index (χ0) is 13.7. The molecule has 0 aliphatic rings. The summed E-state index contributed by atoms with van der Waals surface area (Å²) >= 11 is 0. The van der Waals surface area contributed by atoms with Crippen LogP contribution in [0, 0.1) is 0 Å². The summed E-state index contributed by atoms with van der Waals surface area (Å²) in [7, 11) is 0. The van der Waals surface area contributed by atoms with E-state index >= 15 is 0 Å². The summed E-state index contributed by atoms with van der Waals surface area (Å²) in [5, 5.41) is 9.73. The van der Waals surface area contributed by atoms with E-state index in [1.54, 1.807) is 0 Å². The third-order valence-corrected chi connectivity index (χ3v) is 2.95. The summed E-state index contributed by atoms with van der Waals surface area (Å²) in [5.41, 5.74) is 7.08. The number of anilines is 1. The predicted octanol–water partition coefficient (Wildman–Crippen LogP) is 1.83. The molecule has 1 atom stereocenters. The smallest absolute Gasteiger partial charge is 0.236 e. The van der Waals surface area contributed by atoms with Gasteiger partial charge in [0, 0.05) is 11.7 Å². The van der Waals surface area contributed by atoms with Crippen LogP contribution in [-0.4, -0.2) is 23.6 Å². The molecule has 0 spiro atoms. The van der Waals surface area contributed by atoms with E-state index in [0.717, 1.165) is 11.3 Å². The Bertz CT molecular complexity index is 387. The van der Waals surface area contributed by atoms with Crippen molar-refractivity contribution in [3.05, 3.63) is 29.8 Å². The molecule has 0 aromatic heterocycles. The van der Waals surface area contributed by atoms with Crippen LogP contribution in [0.25, 0.3) is 0 Å². The average Bonchev–Trinajstić information content (AvgIpc) is 2.34. The Morgan fingerprint density at radius 1 is 1.33 bits per heavy atom. The van der Waals surface area contributed by atoms with Crippen LogP contribution in [0.3, 0.4) is 0 Å². The molecule has 0 radical (unpaired) electrons. The predicted molar refractivity (Wildman–Crippen MR) is 73.4 cm³/mol. The minimum absolute atomic E-state index is 0.194. The van der Waals surface area contributed by atoms with Crippen molar-refractivity contribution < 1.29 is 9.90 Å². The van der Waals surface area contributed by atoms with Crippen molar-refractivity contribution >= 4 is 11.6 Å². The molecule has 0 saturated carbocycles. The first-order chi connectivity index (χ1) is 8.45. The monoisotopic (exact) mass is 250 g/mol. The number of hydrogen-bond donors (Lipinski definition) is 2. The number of nitrogens with two attached hydrogens (primary N) is 1. The van der Waals surface area contributed by atoms with Crippen molar-refractivity contribution in [2.24, 2.45) is 5.73 Å². The fourth-order valence-electron chi connectivity index (χ4n) is 1.86. The van der Waals surface area contributed by atoms with Gasteiger partial charge in [0.1, 0.15) is 0 Å². The Morgan fingerprint density at radius 2 is 1.89 bits per heavy atom. The Labute approximate surface area is 108 Å². The molecule has 0 saturated heterocycles. The molecule has 1 aromatic rings. The maximum Gasteiger partial charge on any atom is 0.236 e. The van der Waals surface area contributed by atoms with Crippen LogP contribution in [0.4, 0.5) is 5.69 Å². The molecule has 18 heavy (non-hydrogen) atoms. The van der Waals surface area contributed by atoms with Gasteiger partial charge in [-0.2, -0.15) is 0 Å². The Hall–Kier alpha value is -1.55. The van der Waals surface area contributed by atoms with E-state index in [2.05, 4.69) is 0 Å². The summed E-state index contributed by atoms with van der Waals surface area (Å²) in [6, 6.07) is 7.80. The highest BCUT2D eigenvalue weighted by Gasteiger charge is 2.13. The molecular weight excluding hydrogens is 228 g/mol. The lowest BCUT2D eigenvalue weighted by Gasteiger charge is -2.28. The summed E-state index contributed by atoms with van der Waals surface area (Å²) < 4.78 is 0. The average molecular weight is 250 g/mol. The number of rotatable bonds is 6. The van der Waals surface area contributed by atoms with Crippen LogP contribution in [0.2, 0.25) is 0 Å². The Morgan fingerprint density at radius 3 is 2.28 bits per heavy atom. The molecule has 0 bridgehead atoms. The summed E-state index contributed by atoms with van der Waals surface area (Å²) in [4.78, 5) is 13.0. The summed E-state index contributed by atoms with van der Waals surface area (Å²) in [6.07, 6.45) is 0.261. The van der Waals surface area contributed by atoms with Crippen LogP contribution in [0.1, 0.15) is 38.9 Å². The van der Waals surface area contributed by atoms with Gasteiger partial charge in [-0.25, -0.2) is 0 Å². The lowest BCUT2D eigenvalue weighted by Crippen LogP contribution is -2.38. The number of primary amides is 1. The third kappa shape index (κ3) is 3.74. The number of carbonyl (C=O) groups excluding carboxylic acids is 1. The van der Waals surface area contributed by atoms with Gasteiger partial charge in [0.25, 0.3) is 0 Å². The van der Waals surface area contributed by atoms with E-state index < -0.39 is 6.10 Å². The van der Waals surface area contributed by atoms with Crippen molar-refractivity contribution in [2.75, 3.05) is 11.4 Å². The number of aliphatic hydroxyl groups is 1. The number of carbonyl (C=O) groups is 1.